The lowest BCUT2D eigenvalue weighted by Crippen LogP contribution is -2.44. The van der Waals surface area contributed by atoms with E-state index in [1.54, 1.807) is 0 Å². The van der Waals surface area contributed by atoms with Crippen molar-refractivity contribution >= 4 is 17.7 Å². The van der Waals surface area contributed by atoms with Crippen molar-refractivity contribution in [2.75, 3.05) is 57.6 Å². The first kappa shape index (κ1) is 17.8. The Bertz CT molecular complexity index is 251. The summed E-state index contributed by atoms with van der Waals surface area (Å²) in [5.41, 5.74) is 0. The summed E-state index contributed by atoms with van der Waals surface area (Å²) in [4.78, 5) is 14.2. The number of hydrogen-bond donors (Lipinski definition) is 1. The van der Waals surface area contributed by atoms with Crippen molar-refractivity contribution in [1.29, 1.82) is 0 Å². The second-order valence-corrected chi connectivity index (χ2v) is 5.85. The van der Waals surface area contributed by atoms with Gasteiger partial charge < -0.3 is 19.7 Å². The Hall–Kier alpha value is -0.300. The van der Waals surface area contributed by atoms with Gasteiger partial charge in [-0.2, -0.15) is 11.8 Å². The molecule has 6 heteroatoms. The lowest BCUT2D eigenvalue weighted by atomic mass is 10.2. The van der Waals surface area contributed by atoms with Gasteiger partial charge in [0.25, 0.3) is 0 Å². The second kappa shape index (κ2) is 11.4. The van der Waals surface area contributed by atoms with Crippen molar-refractivity contribution in [3.05, 3.63) is 0 Å². The lowest BCUT2D eigenvalue weighted by molar-refractivity contribution is -0.133. The minimum absolute atomic E-state index is 0.199. The van der Waals surface area contributed by atoms with Crippen LogP contribution < -0.4 is 5.32 Å². The molecule has 0 aliphatic carbocycles. The number of carbonyl (C=O) groups excluding carboxylic acids is 1. The highest BCUT2D eigenvalue weighted by atomic mass is 32.2. The monoisotopic (exact) mass is 304 g/mol. The van der Waals surface area contributed by atoms with Crippen molar-refractivity contribution in [1.82, 2.24) is 10.2 Å². The molecule has 0 radical (unpaired) electrons. The SMILES string of the molecule is CCOCCN(CCOCC)C(=O)CC1CSCCN1. The largest absolute Gasteiger partial charge is 0.380 e. The fraction of sp³-hybridized carbons (Fsp3) is 0.929. The third kappa shape index (κ3) is 7.47. The van der Waals surface area contributed by atoms with E-state index in [-0.39, 0.29) is 5.91 Å². The normalized spacial score (nSPS) is 19.0. The number of amides is 1. The van der Waals surface area contributed by atoms with Gasteiger partial charge in [-0.1, -0.05) is 0 Å². The van der Waals surface area contributed by atoms with Crippen LogP contribution in [0.15, 0.2) is 0 Å². The van der Waals surface area contributed by atoms with Crippen LogP contribution in [0.25, 0.3) is 0 Å². The maximum absolute atomic E-state index is 12.4. The molecule has 1 unspecified atom stereocenters. The van der Waals surface area contributed by atoms with Crippen molar-refractivity contribution in [3.8, 4) is 0 Å². The zero-order valence-electron chi connectivity index (χ0n) is 12.7. The van der Waals surface area contributed by atoms with Crippen molar-refractivity contribution < 1.29 is 14.3 Å². The van der Waals surface area contributed by atoms with Crippen LogP contribution in [-0.2, 0) is 14.3 Å². The summed E-state index contributed by atoms with van der Waals surface area (Å²) >= 11 is 1.92. The van der Waals surface area contributed by atoms with Gasteiger partial charge in [-0.15, -0.1) is 0 Å². The zero-order valence-corrected chi connectivity index (χ0v) is 13.5. The quantitative estimate of drug-likeness (QED) is 0.610. The van der Waals surface area contributed by atoms with E-state index in [4.69, 9.17) is 9.47 Å². The Kier molecular flexibility index (Phi) is 10.1. The summed E-state index contributed by atoms with van der Waals surface area (Å²) in [6.07, 6.45) is 0.575. The Balaban J connectivity index is 2.35. The van der Waals surface area contributed by atoms with E-state index in [1.165, 1.54) is 0 Å². The zero-order chi connectivity index (χ0) is 14.6. The van der Waals surface area contributed by atoms with Gasteiger partial charge in [0.15, 0.2) is 0 Å². The standard InChI is InChI=1S/C14H28N2O3S/c1-3-18-8-6-16(7-9-19-4-2)14(17)11-13-12-20-10-5-15-13/h13,15H,3-12H2,1-2H3. The van der Waals surface area contributed by atoms with E-state index in [0.717, 1.165) is 18.1 Å². The highest BCUT2D eigenvalue weighted by Crippen LogP contribution is 2.11. The second-order valence-electron chi connectivity index (χ2n) is 4.70. The molecule has 5 nitrogen and oxygen atoms in total. The Morgan fingerprint density at radius 3 is 2.40 bits per heavy atom. The van der Waals surface area contributed by atoms with Crippen LogP contribution in [0, 0.1) is 0 Å². The van der Waals surface area contributed by atoms with Crippen molar-refractivity contribution in [3.63, 3.8) is 0 Å². The molecule has 0 bridgehead atoms. The molecule has 0 saturated carbocycles. The fourth-order valence-corrected chi connectivity index (χ4v) is 3.04. The maximum Gasteiger partial charge on any atom is 0.224 e. The molecule has 1 aliphatic rings. The van der Waals surface area contributed by atoms with Crippen molar-refractivity contribution in [2.45, 2.75) is 26.3 Å². The van der Waals surface area contributed by atoms with Crippen LogP contribution in [-0.4, -0.2) is 74.4 Å². The molecule has 0 aromatic rings. The van der Waals surface area contributed by atoms with Gasteiger partial charge in [-0.3, -0.25) is 4.79 Å². The molecule has 0 aromatic carbocycles. The molecule has 20 heavy (non-hydrogen) atoms. The highest BCUT2D eigenvalue weighted by Gasteiger charge is 2.20. The average molecular weight is 304 g/mol. The Morgan fingerprint density at radius 2 is 1.90 bits per heavy atom. The number of ether oxygens (including phenoxy) is 2. The van der Waals surface area contributed by atoms with Crippen LogP contribution in [0.1, 0.15) is 20.3 Å². The molecular formula is C14H28N2O3S. The van der Waals surface area contributed by atoms with Crippen LogP contribution >= 0.6 is 11.8 Å². The third-order valence-corrected chi connectivity index (χ3v) is 4.32. The number of rotatable bonds is 10. The molecular weight excluding hydrogens is 276 g/mol. The molecule has 1 aliphatic heterocycles. The molecule has 1 N–H and O–H groups in total. The summed E-state index contributed by atoms with van der Waals surface area (Å²) in [6, 6.07) is 0.308. The summed E-state index contributed by atoms with van der Waals surface area (Å²) in [5.74, 6) is 2.36. The minimum Gasteiger partial charge on any atom is -0.380 e. The molecule has 118 valence electrons. The van der Waals surface area contributed by atoms with E-state index >= 15 is 0 Å². The van der Waals surface area contributed by atoms with Gasteiger partial charge >= 0.3 is 0 Å². The van der Waals surface area contributed by atoms with Gasteiger partial charge in [0.1, 0.15) is 0 Å². The lowest BCUT2D eigenvalue weighted by Gasteiger charge is -2.27. The van der Waals surface area contributed by atoms with Gasteiger partial charge in [0, 0.05) is 56.8 Å². The summed E-state index contributed by atoms with van der Waals surface area (Å²) in [7, 11) is 0. The van der Waals surface area contributed by atoms with Crippen LogP contribution in [0.3, 0.4) is 0 Å². The number of thioether (sulfide) groups is 1. The molecule has 1 fully saturated rings. The summed E-state index contributed by atoms with van der Waals surface area (Å²) < 4.78 is 10.7. The summed E-state index contributed by atoms with van der Waals surface area (Å²) in [5, 5.41) is 3.41. The fourth-order valence-electron chi connectivity index (χ4n) is 2.09. The molecule has 1 rings (SSSR count). The number of nitrogens with zero attached hydrogens (tertiary/aromatic N) is 1. The number of nitrogens with one attached hydrogen (secondary N) is 1. The topological polar surface area (TPSA) is 50.8 Å². The predicted molar refractivity (Wildman–Crippen MR) is 83.3 cm³/mol. The van der Waals surface area contributed by atoms with E-state index in [1.807, 2.05) is 30.5 Å². The van der Waals surface area contributed by atoms with Gasteiger partial charge in [0.2, 0.25) is 5.91 Å². The first-order chi connectivity index (χ1) is 9.77. The van der Waals surface area contributed by atoms with Gasteiger partial charge in [-0.25, -0.2) is 0 Å². The molecule has 1 amide bonds. The van der Waals surface area contributed by atoms with E-state index in [2.05, 4.69) is 5.32 Å². The first-order valence-corrected chi connectivity index (χ1v) is 8.67. The average Bonchev–Trinajstić information content (AvgIpc) is 2.47. The third-order valence-electron chi connectivity index (χ3n) is 3.19. The summed E-state index contributed by atoms with van der Waals surface area (Å²) in [6.45, 7) is 8.82. The Labute approximate surface area is 126 Å². The molecule has 0 spiro atoms. The van der Waals surface area contributed by atoms with Crippen LogP contribution in [0.4, 0.5) is 0 Å². The molecule has 1 atom stereocenters. The Morgan fingerprint density at radius 1 is 1.25 bits per heavy atom. The van der Waals surface area contributed by atoms with E-state index in [9.17, 15) is 4.79 Å². The molecule has 1 heterocycles. The minimum atomic E-state index is 0.199. The molecule has 0 aromatic heterocycles. The molecule has 1 saturated heterocycles. The highest BCUT2D eigenvalue weighted by molar-refractivity contribution is 7.99. The van der Waals surface area contributed by atoms with E-state index in [0.29, 0.717) is 52.0 Å². The number of carbonyl (C=O) groups is 1. The van der Waals surface area contributed by atoms with Gasteiger partial charge in [0.05, 0.1) is 13.2 Å². The van der Waals surface area contributed by atoms with Crippen LogP contribution in [0.2, 0.25) is 0 Å². The smallest absolute Gasteiger partial charge is 0.224 e. The van der Waals surface area contributed by atoms with E-state index < -0.39 is 0 Å². The maximum atomic E-state index is 12.4. The predicted octanol–water partition coefficient (Wildman–Crippen LogP) is 0.983. The first-order valence-electron chi connectivity index (χ1n) is 7.52. The van der Waals surface area contributed by atoms with Gasteiger partial charge in [-0.05, 0) is 13.8 Å². The van der Waals surface area contributed by atoms with Crippen molar-refractivity contribution in [2.24, 2.45) is 0 Å². The van der Waals surface area contributed by atoms with Crippen LogP contribution in [0.5, 0.6) is 0 Å². The number of hydrogen-bond acceptors (Lipinski definition) is 5.